The zero-order valence-corrected chi connectivity index (χ0v) is 14.8. The van der Waals surface area contributed by atoms with E-state index in [-0.39, 0.29) is 0 Å². The van der Waals surface area contributed by atoms with Crippen molar-refractivity contribution in [2.45, 2.75) is 17.9 Å². The Labute approximate surface area is 146 Å². The van der Waals surface area contributed by atoms with Crippen LogP contribution in [0.2, 0.25) is 5.02 Å². The highest BCUT2D eigenvalue weighted by Crippen LogP contribution is 2.21. The fourth-order valence-electron chi connectivity index (χ4n) is 2.54. The molecule has 0 radical (unpaired) electrons. The molecule has 1 aromatic heterocycles. The Balaban J connectivity index is 1.82. The highest BCUT2D eigenvalue weighted by Gasteiger charge is 2.10. The molecule has 0 saturated carbocycles. The number of halogens is 1. The highest BCUT2D eigenvalue weighted by molar-refractivity contribution is 7.90. The van der Waals surface area contributed by atoms with Gasteiger partial charge in [-0.05, 0) is 42.3 Å². The summed E-state index contributed by atoms with van der Waals surface area (Å²) in [5.74, 6) is 0.808. The lowest BCUT2D eigenvalue weighted by Gasteiger charge is -2.09. The van der Waals surface area contributed by atoms with E-state index in [1.807, 2.05) is 35.0 Å². The molecule has 0 aliphatic rings. The van der Waals surface area contributed by atoms with Gasteiger partial charge in [0.05, 0.1) is 4.90 Å². The number of aryl methyl sites for hydroxylation is 2. The normalized spacial score (nSPS) is 11.6. The minimum atomic E-state index is -3.19. The van der Waals surface area contributed by atoms with Gasteiger partial charge in [0.15, 0.2) is 9.84 Å². The molecule has 0 bridgehead atoms. The van der Waals surface area contributed by atoms with Crippen molar-refractivity contribution in [3.05, 3.63) is 71.5 Å². The van der Waals surface area contributed by atoms with Crippen molar-refractivity contribution in [3.8, 4) is 11.4 Å². The Morgan fingerprint density at radius 2 is 1.79 bits per heavy atom. The van der Waals surface area contributed by atoms with Crippen molar-refractivity contribution < 1.29 is 8.42 Å². The van der Waals surface area contributed by atoms with Crippen molar-refractivity contribution in [2.24, 2.45) is 0 Å². The average Bonchev–Trinajstić information content (AvgIpc) is 3.02. The predicted molar refractivity (Wildman–Crippen MR) is 95.9 cm³/mol. The van der Waals surface area contributed by atoms with Crippen LogP contribution in [-0.2, 0) is 22.8 Å². The maximum atomic E-state index is 11.6. The molecule has 0 amide bonds. The van der Waals surface area contributed by atoms with Crippen molar-refractivity contribution in [1.82, 2.24) is 9.55 Å². The van der Waals surface area contributed by atoms with Gasteiger partial charge in [-0.25, -0.2) is 13.4 Å². The molecule has 3 rings (SSSR count). The first-order valence-electron chi connectivity index (χ1n) is 7.50. The van der Waals surface area contributed by atoms with Gasteiger partial charge < -0.3 is 4.57 Å². The maximum absolute atomic E-state index is 11.6. The average molecular weight is 361 g/mol. The van der Waals surface area contributed by atoms with E-state index < -0.39 is 9.84 Å². The van der Waals surface area contributed by atoms with E-state index >= 15 is 0 Å². The lowest BCUT2D eigenvalue weighted by atomic mass is 10.1. The largest absolute Gasteiger partial charge is 0.331 e. The predicted octanol–water partition coefficient (Wildman–Crippen LogP) is 3.85. The number of hydrogen-bond acceptors (Lipinski definition) is 3. The van der Waals surface area contributed by atoms with Crippen molar-refractivity contribution >= 4 is 21.4 Å². The summed E-state index contributed by atoms with van der Waals surface area (Å²) < 4.78 is 25.2. The quantitative estimate of drug-likeness (QED) is 0.694. The van der Waals surface area contributed by atoms with Crippen LogP contribution in [0.4, 0.5) is 0 Å². The molecule has 6 heteroatoms. The van der Waals surface area contributed by atoms with Crippen LogP contribution in [0.3, 0.4) is 0 Å². The molecule has 3 aromatic rings. The monoisotopic (exact) mass is 360 g/mol. The fraction of sp³-hybridized carbons (Fsp3) is 0.167. The molecule has 0 N–H and O–H groups in total. The summed E-state index contributed by atoms with van der Waals surface area (Å²) in [6.45, 7) is 0.743. The molecule has 24 heavy (non-hydrogen) atoms. The van der Waals surface area contributed by atoms with Gasteiger partial charge in [0, 0.05) is 35.8 Å². The van der Waals surface area contributed by atoms with Gasteiger partial charge in [-0.15, -0.1) is 0 Å². The topological polar surface area (TPSA) is 52.0 Å². The van der Waals surface area contributed by atoms with Crippen LogP contribution in [0.1, 0.15) is 5.56 Å². The standard InChI is InChI=1S/C18H17ClN2O2S/c1-24(22,23)16-8-6-15(7-9-16)18-20-11-13-21(18)12-10-14-4-2-3-5-17(14)19/h2-9,11,13H,10,12H2,1H3. The second-order valence-corrected chi connectivity index (χ2v) is 8.01. The first-order chi connectivity index (χ1) is 11.4. The Hall–Kier alpha value is -2.11. The number of rotatable bonds is 5. The molecule has 0 spiro atoms. The molecule has 0 atom stereocenters. The third kappa shape index (κ3) is 3.68. The van der Waals surface area contributed by atoms with Crippen LogP contribution < -0.4 is 0 Å². The third-order valence-electron chi connectivity index (χ3n) is 3.84. The number of sulfone groups is 1. The van der Waals surface area contributed by atoms with E-state index in [1.165, 1.54) is 6.26 Å². The van der Waals surface area contributed by atoms with Crippen LogP contribution in [-0.4, -0.2) is 24.2 Å². The summed E-state index contributed by atoms with van der Waals surface area (Å²) in [6.07, 6.45) is 5.65. The molecule has 0 aliphatic carbocycles. The lowest BCUT2D eigenvalue weighted by molar-refractivity contribution is 0.602. The van der Waals surface area contributed by atoms with E-state index in [0.717, 1.165) is 34.9 Å². The van der Waals surface area contributed by atoms with Gasteiger partial charge in [0.2, 0.25) is 0 Å². The van der Waals surface area contributed by atoms with E-state index in [0.29, 0.717) is 4.90 Å². The molecular formula is C18H17ClN2O2S. The Bertz CT molecular complexity index is 947. The molecule has 0 fully saturated rings. The summed E-state index contributed by atoms with van der Waals surface area (Å²) >= 11 is 6.20. The second kappa shape index (κ2) is 6.79. The molecule has 0 aliphatic heterocycles. The van der Waals surface area contributed by atoms with Gasteiger partial charge in [-0.2, -0.15) is 0 Å². The number of benzene rings is 2. The van der Waals surface area contributed by atoms with Gasteiger partial charge in [0.1, 0.15) is 5.82 Å². The smallest absolute Gasteiger partial charge is 0.175 e. The van der Waals surface area contributed by atoms with Gasteiger partial charge in [-0.3, -0.25) is 0 Å². The number of imidazole rings is 1. The second-order valence-electron chi connectivity index (χ2n) is 5.58. The SMILES string of the molecule is CS(=O)(=O)c1ccc(-c2nccn2CCc2ccccc2Cl)cc1. The number of hydrogen-bond donors (Lipinski definition) is 0. The number of aromatic nitrogens is 2. The molecule has 1 heterocycles. The van der Waals surface area contributed by atoms with Gasteiger partial charge in [-0.1, -0.05) is 29.8 Å². The fourth-order valence-corrected chi connectivity index (χ4v) is 3.40. The van der Waals surface area contributed by atoms with Gasteiger partial charge in [0.25, 0.3) is 0 Å². The molecule has 0 saturated heterocycles. The van der Waals surface area contributed by atoms with Gasteiger partial charge >= 0.3 is 0 Å². The molecule has 2 aromatic carbocycles. The zero-order valence-electron chi connectivity index (χ0n) is 13.2. The molecule has 124 valence electrons. The minimum absolute atomic E-state index is 0.306. The number of nitrogens with zero attached hydrogens (tertiary/aromatic N) is 2. The first-order valence-corrected chi connectivity index (χ1v) is 9.77. The highest BCUT2D eigenvalue weighted by atomic mass is 35.5. The summed E-state index contributed by atoms with van der Waals surface area (Å²) in [5, 5.41) is 0.761. The summed E-state index contributed by atoms with van der Waals surface area (Å²) in [6, 6.07) is 14.6. The van der Waals surface area contributed by atoms with Crippen LogP contribution in [0.5, 0.6) is 0 Å². The van der Waals surface area contributed by atoms with Crippen LogP contribution in [0.25, 0.3) is 11.4 Å². The third-order valence-corrected chi connectivity index (χ3v) is 5.33. The Kier molecular flexibility index (Phi) is 4.73. The van der Waals surface area contributed by atoms with Crippen LogP contribution >= 0.6 is 11.6 Å². The van der Waals surface area contributed by atoms with Crippen LogP contribution in [0.15, 0.2) is 65.8 Å². The lowest BCUT2D eigenvalue weighted by Crippen LogP contribution is -2.03. The summed E-state index contributed by atoms with van der Waals surface area (Å²) in [5.41, 5.74) is 1.97. The molecule has 0 unspecified atom stereocenters. The summed E-state index contributed by atoms with van der Waals surface area (Å²) in [7, 11) is -3.19. The first kappa shape index (κ1) is 16.7. The van der Waals surface area contributed by atoms with E-state index in [1.54, 1.807) is 30.5 Å². The minimum Gasteiger partial charge on any atom is -0.331 e. The Morgan fingerprint density at radius 1 is 1.08 bits per heavy atom. The summed E-state index contributed by atoms with van der Waals surface area (Å²) in [4.78, 5) is 4.70. The zero-order chi connectivity index (χ0) is 17.2. The van der Waals surface area contributed by atoms with E-state index in [9.17, 15) is 8.42 Å². The van der Waals surface area contributed by atoms with E-state index in [2.05, 4.69) is 4.98 Å². The van der Waals surface area contributed by atoms with Crippen molar-refractivity contribution in [2.75, 3.05) is 6.26 Å². The van der Waals surface area contributed by atoms with Crippen LogP contribution in [0, 0.1) is 0 Å². The van der Waals surface area contributed by atoms with Crippen molar-refractivity contribution in [3.63, 3.8) is 0 Å². The maximum Gasteiger partial charge on any atom is 0.175 e. The van der Waals surface area contributed by atoms with E-state index in [4.69, 9.17) is 11.6 Å². The molecular weight excluding hydrogens is 344 g/mol. The molecule has 4 nitrogen and oxygen atoms in total. The van der Waals surface area contributed by atoms with Crippen molar-refractivity contribution in [1.29, 1.82) is 0 Å². The Morgan fingerprint density at radius 3 is 2.46 bits per heavy atom.